The van der Waals surface area contributed by atoms with Gasteiger partial charge in [-0.15, -0.1) is 0 Å². The van der Waals surface area contributed by atoms with Gasteiger partial charge in [-0.2, -0.15) is 0 Å². The van der Waals surface area contributed by atoms with Gasteiger partial charge in [-0.05, 0) is 32.9 Å². The first-order chi connectivity index (χ1) is 7.31. The van der Waals surface area contributed by atoms with Crippen molar-refractivity contribution in [2.45, 2.75) is 31.6 Å². The Morgan fingerprint density at radius 2 is 1.93 bits per heavy atom. The van der Waals surface area contributed by atoms with Gasteiger partial charge in [0.05, 0.1) is 11.8 Å². The molecule has 4 heteroatoms. The van der Waals surface area contributed by atoms with Gasteiger partial charge in [0.15, 0.2) is 0 Å². The third-order valence-electron chi connectivity index (χ3n) is 4.26. The highest BCUT2D eigenvalue weighted by Crippen LogP contribution is 2.28. The molecule has 2 N–H and O–H groups in total. The number of nitrogens with one attached hydrogen (secondary N) is 2. The molecule has 3 heterocycles. The standard InChI is InChI=1S/C11H22N4/c1-11-10-12-4-2-6-14(10)8-9-15(11)7-3-5-13-11/h10,12-13H,2-9H2,1H3/t10-,11-/m0/s1. The second-order valence-corrected chi connectivity index (χ2v) is 5.16. The number of hydrogen-bond acceptors (Lipinski definition) is 4. The first-order valence-electron chi connectivity index (χ1n) is 6.28. The Balaban J connectivity index is 1.84. The molecule has 3 fully saturated rings. The van der Waals surface area contributed by atoms with Crippen molar-refractivity contribution in [3.05, 3.63) is 0 Å². The second kappa shape index (κ2) is 3.70. The fourth-order valence-corrected chi connectivity index (χ4v) is 3.39. The molecule has 0 spiro atoms. The Hall–Kier alpha value is -0.160. The second-order valence-electron chi connectivity index (χ2n) is 5.16. The van der Waals surface area contributed by atoms with Crippen molar-refractivity contribution in [3.8, 4) is 0 Å². The van der Waals surface area contributed by atoms with Crippen LogP contribution in [0.5, 0.6) is 0 Å². The Morgan fingerprint density at radius 1 is 1.07 bits per heavy atom. The number of nitrogens with zero attached hydrogens (tertiary/aromatic N) is 2. The summed E-state index contributed by atoms with van der Waals surface area (Å²) in [5.41, 5.74) is 0.164. The zero-order valence-corrected chi connectivity index (χ0v) is 9.63. The Kier molecular flexibility index (Phi) is 2.47. The van der Waals surface area contributed by atoms with Crippen molar-refractivity contribution >= 4 is 0 Å². The molecule has 0 radical (unpaired) electrons. The molecule has 0 aromatic rings. The molecule has 0 aliphatic carbocycles. The third kappa shape index (κ3) is 1.51. The molecule has 3 saturated heterocycles. The molecule has 3 aliphatic rings. The minimum Gasteiger partial charge on any atom is -0.299 e. The number of rotatable bonds is 0. The van der Waals surface area contributed by atoms with E-state index in [2.05, 4.69) is 27.4 Å². The summed E-state index contributed by atoms with van der Waals surface area (Å²) in [4.78, 5) is 5.23. The molecule has 0 amide bonds. The summed E-state index contributed by atoms with van der Waals surface area (Å²) in [7, 11) is 0. The van der Waals surface area contributed by atoms with Gasteiger partial charge < -0.3 is 0 Å². The Bertz CT molecular complexity index is 245. The maximum absolute atomic E-state index is 3.72. The fourth-order valence-electron chi connectivity index (χ4n) is 3.39. The maximum atomic E-state index is 3.72. The molecule has 3 aliphatic heterocycles. The highest BCUT2D eigenvalue weighted by molar-refractivity contribution is 5.02. The zero-order valence-electron chi connectivity index (χ0n) is 9.63. The summed E-state index contributed by atoms with van der Waals surface area (Å²) >= 11 is 0. The van der Waals surface area contributed by atoms with E-state index in [4.69, 9.17) is 0 Å². The van der Waals surface area contributed by atoms with Gasteiger partial charge in [-0.1, -0.05) is 0 Å². The Morgan fingerprint density at radius 3 is 2.87 bits per heavy atom. The van der Waals surface area contributed by atoms with Crippen molar-refractivity contribution in [3.63, 3.8) is 0 Å². The lowest BCUT2D eigenvalue weighted by Gasteiger charge is -2.58. The summed E-state index contributed by atoms with van der Waals surface area (Å²) in [6.45, 7) is 9.68. The van der Waals surface area contributed by atoms with Crippen LogP contribution in [-0.4, -0.2) is 60.9 Å². The SMILES string of the molecule is C[C@]12NCCCN1CCN1CCCN[C@@H]12. The quantitative estimate of drug-likeness (QED) is 0.571. The van der Waals surface area contributed by atoms with Crippen LogP contribution < -0.4 is 10.6 Å². The molecule has 0 aromatic heterocycles. The molecule has 15 heavy (non-hydrogen) atoms. The van der Waals surface area contributed by atoms with E-state index in [1.807, 2.05) is 0 Å². The van der Waals surface area contributed by atoms with Crippen molar-refractivity contribution < 1.29 is 0 Å². The molecule has 86 valence electrons. The lowest BCUT2D eigenvalue weighted by atomic mass is 9.96. The average Bonchev–Trinajstić information content (AvgIpc) is 2.29. The first-order valence-corrected chi connectivity index (χ1v) is 6.28. The molecular formula is C11H22N4. The summed E-state index contributed by atoms with van der Waals surface area (Å²) in [6.07, 6.45) is 3.11. The predicted molar refractivity (Wildman–Crippen MR) is 60.6 cm³/mol. The van der Waals surface area contributed by atoms with Crippen LogP contribution in [0.3, 0.4) is 0 Å². The van der Waals surface area contributed by atoms with Gasteiger partial charge in [-0.25, -0.2) is 0 Å². The fraction of sp³-hybridized carbons (Fsp3) is 1.00. The number of hydrogen-bond donors (Lipinski definition) is 2. The molecule has 4 nitrogen and oxygen atoms in total. The number of fused-ring (bicyclic) bond motifs is 3. The van der Waals surface area contributed by atoms with Crippen molar-refractivity contribution in [1.82, 2.24) is 20.4 Å². The van der Waals surface area contributed by atoms with E-state index in [0.29, 0.717) is 6.17 Å². The average molecular weight is 210 g/mol. The van der Waals surface area contributed by atoms with E-state index in [9.17, 15) is 0 Å². The van der Waals surface area contributed by atoms with Gasteiger partial charge in [0.25, 0.3) is 0 Å². The molecule has 3 rings (SSSR count). The molecule has 2 atom stereocenters. The van der Waals surface area contributed by atoms with Gasteiger partial charge in [0.1, 0.15) is 0 Å². The van der Waals surface area contributed by atoms with Crippen molar-refractivity contribution in [2.24, 2.45) is 0 Å². The van der Waals surface area contributed by atoms with Crippen LogP contribution in [0.1, 0.15) is 19.8 Å². The largest absolute Gasteiger partial charge is 0.299 e. The maximum Gasteiger partial charge on any atom is 0.0979 e. The lowest BCUT2D eigenvalue weighted by Crippen LogP contribution is -2.79. The third-order valence-corrected chi connectivity index (χ3v) is 4.26. The van der Waals surface area contributed by atoms with Crippen molar-refractivity contribution in [2.75, 3.05) is 39.3 Å². The lowest BCUT2D eigenvalue weighted by molar-refractivity contribution is -0.100. The first kappa shape index (κ1) is 10.0. The molecule has 0 aromatic carbocycles. The van der Waals surface area contributed by atoms with Gasteiger partial charge >= 0.3 is 0 Å². The van der Waals surface area contributed by atoms with E-state index in [0.717, 1.165) is 0 Å². The zero-order chi connectivity index (χ0) is 10.3. The van der Waals surface area contributed by atoms with E-state index in [1.165, 1.54) is 52.1 Å². The van der Waals surface area contributed by atoms with Crippen LogP contribution in [0.25, 0.3) is 0 Å². The van der Waals surface area contributed by atoms with Crippen LogP contribution >= 0.6 is 0 Å². The highest BCUT2D eigenvalue weighted by Gasteiger charge is 2.47. The Labute approximate surface area is 92.0 Å². The predicted octanol–water partition coefficient (Wildman–Crippen LogP) is -0.367. The minimum absolute atomic E-state index is 0.164. The van der Waals surface area contributed by atoms with Gasteiger partial charge in [-0.3, -0.25) is 20.4 Å². The van der Waals surface area contributed by atoms with E-state index in [-0.39, 0.29) is 5.66 Å². The molecule has 0 unspecified atom stereocenters. The van der Waals surface area contributed by atoms with Crippen LogP contribution in [0, 0.1) is 0 Å². The van der Waals surface area contributed by atoms with Crippen LogP contribution in [0.4, 0.5) is 0 Å². The van der Waals surface area contributed by atoms with E-state index in [1.54, 1.807) is 0 Å². The highest BCUT2D eigenvalue weighted by atomic mass is 15.5. The minimum atomic E-state index is 0.164. The normalized spacial score (nSPS) is 43.4. The van der Waals surface area contributed by atoms with Gasteiger partial charge in [0.2, 0.25) is 0 Å². The van der Waals surface area contributed by atoms with Gasteiger partial charge in [0, 0.05) is 26.2 Å². The van der Waals surface area contributed by atoms with E-state index < -0.39 is 0 Å². The van der Waals surface area contributed by atoms with E-state index >= 15 is 0 Å². The van der Waals surface area contributed by atoms with Crippen LogP contribution in [-0.2, 0) is 0 Å². The topological polar surface area (TPSA) is 30.5 Å². The van der Waals surface area contributed by atoms with Crippen LogP contribution in [0.15, 0.2) is 0 Å². The number of piperazine rings is 1. The monoisotopic (exact) mass is 210 g/mol. The smallest absolute Gasteiger partial charge is 0.0979 e. The summed E-state index contributed by atoms with van der Waals surface area (Å²) in [6, 6.07) is 0. The molecular weight excluding hydrogens is 188 g/mol. The molecule has 0 saturated carbocycles. The molecule has 0 bridgehead atoms. The van der Waals surface area contributed by atoms with Crippen LogP contribution in [0.2, 0.25) is 0 Å². The van der Waals surface area contributed by atoms with Crippen molar-refractivity contribution in [1.29, 1.82) is 0 Å². The summed E-state index contributed by atoms with van der Waals surface area (Å²) in [5.74, 6) is 0. The summed E-state index contributed by atoms with van der Waals surface area (Å²) in [5, 5.41) is 7.40. The summed E-state index contributed by atoms with van der Waals surface area (Å²) < 4.78 is 0.